The molecule has 2 nitrogen and oxygen atoms in total. The van der Waals surface area contributed by atoms with Gasteiger partial charge in [-0.1, -0.05) is 58.8 Å². The Morgan fingerprint density at radius 1 is 0.842 bits per heavy atom. The van der Waals surface area contributed by atoms with E-state index in [2.05, 4.69) is 24.1 Å². The molecule has 0 spiro atoms. The summed E-state index contributed by atoms with van der Waals surface area (Å²) in [6, 6.07) is 0.798. The van der Waals surface area contributed by atoms with Gasteiger partial charge in [-0.2, -0.15) is 0 Å². The number of hydrogen-bond donors (Lipinski definition) is 1. The van der Waals surface area contributed by atoms with Gasteiger partial charge in [0.2, 0.25) is 0 Å². The lowest BCUT2D eigenvalue weighted by Crippen LogP contribution is -2.42. The molecule has 0 saturated carbocycles. The van der Waals surface area contributed by atoms with Crippen LogP contribution in [0.2, 0.25) is 0 Å². The lowest BCUT2D eigenvalue weighted by atomic mass is 10.0. The van der Waals surface area contributed by atoms with Gasteiger partial charge in [0.1, 0.15) is 0 Å². The molecule has 0 aromatic carbocycles. The van der Waals surface area contributed by atoms with E-state index in [-0.39, 0.29) is 0 Å². The fraction of sp³-hybridized carbons (Fsp3) is 1.00. The lowest BCUT2D eigenvalue weighted by molar-refractivity contribution is 0.206. The molecule has 0 bridgehead atoms. The summed E-state index contributed by atoms with van der Waals surface area (Å²) in [5, 5.41) is 3.75. The Labute approximate surface area is 121 Å². The summed E-state index contributed by atoms with van der Waals surface area (Å²) in [6.07, 6.45) is 14.1. The molecular weight excluding hydrogens is 232 g/mol. The Bertz CT molecular complexity index is 186. The number of rotatable bonds is 11. The Morgan fingerprint density at radius 2 is 1.42 bits per heavy atom. The van der Waals surface area contributed by atoms with Crippen LogP contribution in [0.3, 0.4) is 0 Å². The molecule has 1 N–H and O–H groups in total. The highest BCUT2D eigenvalue weighted by Gasteiger charge is 2.16. The SMILES string of the molecule is CCCCCCCCCCNC1CCN(CC)CC1. The maximum absolute atomic E-state index is 3.75. The van der Waals surface area contributed by atoms with Crippen LogP contribution in [-0.2, 0) is 0 Å². The first-order chi connectivity index (χ1) is 9.36. The van der Waals surface area contributed by atoms with Gasteiger partial charge >= 0.3 is 0 Å². The number of nitrogens with one attached hydrogen (secondary N) is 1. The molecule has 1 saturated heterocycles. The van der Waals surface area contributed by atoms with E-state index >= 15 is 0 Å². The van der Waals surface area contributed by atoms with Gasteiger partial charge in [-0.05, 0) is 45.4 Å². The summed E-state index contributed by atoms with van der Waals surface area (Å²) < 4.78 is 0. The molecule has 1 heterocycles. The molecule has 0 atom stereocenters. The summed E-state index contributed by atoms with van der Waals surface area (Å²) in [5.41, 5.74) is 0. The predicted molar refractivity (Wildman–Crippen MR) is 85.7 cm³/mol. The molecule has 0 amide bonds. The number of piperidine rings is 1. The van der Waals surface area contributed by atoms with Gasteiger partial charge in [-0.15, -0.1) is 0 Å². The number of unbranched alkanes of at least 4 members (excludes halogenated alkanes) is 7. The minimum atomic E-state index is 0.798. The molecule has 0 radical (unpaired) electrons. The zero-order chi connectivity index (χ0) is 13.8. The fourth-order valence-corrected chi connectivity index (χ4v) is 3.02. The van der Waals surface area contributed by atoms with E-state index in [1.54, 1.807) is 0 Å². The van der Waals surface area contributed by atoms with E-state index < -0.39 is 0 Å². The van der Waals surface area contributed by atoms with E-state index in [0.717, 1.165) is 6.04 Å². The van der Waals surface area contributed by atoms with E-state index in [0.29, 0.717) is 0 Å². The molecule has 1 rings (SSSR count). The highest BCUT2D eigenvalue weighted by molar-refractivity contribution is 4.76. The fourth-order valence-electron chi connectivity index (χ4n) is 3.02. The number of likely N-dealkylation sites (tertiary alicyclic amines) is 1. The standard InChI is InChI=1S/C17H36N2/c1-3-5-6-7-8-9-10-11-14-18-17-12-15-19(4-2)16-13-17/h17-18H,3-16H2,1-2H3. The van der Waals surface area contributed by atoms with E-state index in [9.17, 15) is 0 Å². The van der Waals surface area contributed by atoms with Gasteiger partial charge in [0.05, 0.1) is 0 Å². The van der Waals surface area contributed by atoms with Crippen molar-refractivity contribution in [3.05, 3.63) is 0 Å². The second-order valence-corrected chi connectivity index (χ2v) is 6.14. The molecule has 0 unspecified atom stereocenters. The summed E-state index contributed by atoms with van der Waals surface area (Å²) in [7, 11) is 0. The van der Waals surface area contributed by atoms with Gasteiger partial charge in [0.25, 0.3) is 0 Å². The van der Waals surface area contributed by atoms with Crippen LogP contribution in [0.4, 0.5) is 0 Å². The summed E-state index contributed by atoms with van der Waals surface area (Å²) in [4.78, 5) is 2.56. The third kappa shape index (κ3) is 8.65. The average Bonchev–Trinajstić information content (AvgIpc) is 2.46. The monoisotopic (exact) mass is 268 g/mol. The van der Waals surface area contributed by atoms with Crippen LogP contribution in [0.15, 0.2) is 0 Å². The molecule has 0 aromatic heterocycles. The second kappa shape index (κ2) is 11.7. The Kier molecular flexibility index (Phi) is 10.5. The first kappa shape index (κ1) is 17.0. The van der Waals surface area contributed by atoms with Crippen LogP contribution in [-0.4, -0.2) is 37.1 Å². The summed E-state index contributed by atoms with van der Waals surface area (Å²) in [6.45, 7) is 9.62. The van der Waals surface area contributed by atoms with Crippen molar-refractivity contribution in [3.8, 4) is 0 Å². The summed E-state index contributed by atoms with van der Waals surface area (Å²) >= 11 is 0. The second-order valence-electron chi connectivity index (χ2n) is 6.14. The van der Waals surface area contributed by atoms with E-state index in [1.165, 1.54) is 90.4 Å². The van der Waals surface area contributed by atoms with E-state index in [1.807, 2.05) is 0 Å². The van der Waals surface area contributed by atoms with Gasteiger partial charge in [-0.25, -0.2) is 0 Å². The average molecular weight is 268 g/mol. The maximum atomic E-state index is 3.75. The van der Waals surface area contributed by atoms with E-state index in [4.69, 9.17) is 0 Å². The quantitative estimate of drug-likeness (QED) is 0.565. The highest BCUT2D eigenvalue weighted by Crippen LogP contribution is 2.11. The van der Waals surface area contributed by atoms with Crippen LogP contribution >= 0.6 is 0 Å². The van der Waals surface area contributed by atoms with Crippen molar-refractivity contribution in [2.24, 2.45) is 0 Å². The van der Waals surface area contributed by atoms with Crippen molar-refractivity contribution in [2.45, 2.75) is 84.1 Å². The van der Waals surface area contributed by atoms with Gasteiger partial charge in [0, 0.05) is 6.04 Å². The van der Waals surface area contributed by atoms with Crippen molar-refractivity contribution < 1.29 is 0 Å². The van der Waals surface area contributed by atoms with Gasteiger partial charge in [0.15, 0.2) is 0 Å². The smallest absolute Gasteiger partial charge is 0.00914 e. The van der Waals surface area contributed by atoms with Crippen molar-refractivity contribution in [3.63, 3.8) is 0 Å². The van der Waals surface area contributed by atoms with Crippen LogP contribution in [0.5, 0.6) is 0 Å². The van der Waals surface area contributed by atoms with Gasteiger partial charge < -0.3 is 10.2 Å². The molecule has 1 aliphatic rings. The first-order valence-corrected chi connectivity index (χ1v) is 8.82. The van der Waals surface area contributed by atoms with Crippen LogP contribution in [0.25, 0.3) is 0 Å². The molecular formula is C17H36N2. The maximum Gasteiger partial charge on any atom is 0.00914 e. The summed E-state index contributed by atoms with van der Waals surface area (Å²) in [5.74, 6) is 0. The molecule has 0 aliphatic carbocycles. The van der Waals surface area contributed by atoms with Crippen molar-refractivity contribution in [2.75, 3.05) is 26.2 Å². The zero-order valence-electron chi connectivity index (χ0n) is 13.4. The number of nitrogens with zero attached hydrogens (tertiary/aromatic N) is 1. The molecule has 19 heavy (non-hydrogen) atoms. The molecule has 1 aliphatic heterocycles. The van der Waals surface area contributed by atoms with Crippen LogP contribution in [0.1, 0.15) is 78.1 Å². The minimum absolute atomic E-state index is 0.798. The topological polar surface area (TPSA) is 15.3 Å². The molecule has 2 heteroatoms. The van der Waals surface area contributed by atoms with Crippen molar-refractivity contribution >= 4 is 0 Å². The van der Waals surface area contributed by atoms with Gasteiger partial charge in [-0.3, -0.25) is 0 Å². The molecule has 0 aromatic rings. The third-order valence-corrected chi connectivity index (χ3v) is 4.50. The Hall–Kier alpha value is -0.0800. The van der Waals surface area contributed by atoms with Crippen molar-refractivity contribution in [1.29, 1.82) is 0 Å². The van der Waals surface area contributed by atoms with Crippen molar-refractivity contribution in [1.82, 2.24) is 10.2 Å². The first-order valence-electron chi connectivity index (χ1n) is 8.82. The Balaban J connectivity index is 1.81. The third-order valence-electron chi connectivity index (χ3n) is 4.50. The minimum Gasteiger partial charge on any atom is -0.314 e. The normalized spacial score (nSPS) is 18.0. The predicted octanol–water partition coefficient (Wildman–Crippen LogP) is 4.20. The number of hydrogen-bond acceptors (Lipinski definition) is 2. The Morgan fingerprint density at radius 3 is 2.00 bits per heavy atom. The van der Waals surface area contributed by atoms with Crippen LogP contribution < -0.4 is 5.32 Å². The van der Waals surface area contributed by atoms with Crippen LogP contribution in [0, 0.1) is 0 Å². The largest absolute Gasteiger partial charge is 0.314 e. The molecule has 114 valence electrons. The lowest BCUT2D eigenvalue weighted by Gasteiger charge is -2.31. The zero-order valence-corrected chi connectivity index (χ0v) is 13.4. The molecule has 1 fully saturated rings. The highest BCUT2D eigenvalue weighted by atomic mass is 15.1.